The molecule has 0 atom stereocenters. The Hall–Kier alpha value is -1.62. The average molecular weight is 263 g/mol. The molecule has 0 amide bonds. The Kier molecular flexibility index (Phi) is 4.74. The molecule has 2 rings (SSSR count). The molecule has 0 bridgehead atoms. The van der Waals surface area contributed by atoms with E-state index < -0.39 is 4.92 Å². The molecule has 0 aliphatic carbocycles. The third-order valence-corrected chi connectivity index (χ3v) is 3.65. The molecule has 1 fully saturated rings. The molecule has 1 aromatic rings. The first-order chi connectivity index (χ1) is 9.16. The van der Waals surface area contributed by atoms with Gasteiger partial charge in [0, 0.05) is 12.6 Å². The Balaban J connectivity index is 2.05. The van der Waals surface area contributed by atoms with Crippen molar-refractivity contribution < 1.29 is 4.92 Å². The zero-order valence-corrected chi connectivity index (χ0v) is 11.2. The smallest absolute Gasteiger partial charge is 0.292 e. The molecule has 0 aromatic heterocycles. The van der Waals surface area contributed by atoms with Gasteiger partial charge in [0.1, 0.15) is 5.69 Å². The van der Waals surface area contributed by atoms with Crippen LogP contribution in [0.15, 0.2) is 18.2 Å². The molecule has 0 saturated carbocycles. The lowest BCUT2D eigenvalue weighted by molar-refractivity contribution is -0.384. The van der Waals surface area contributed by atoms with Crippen LogP contribution in [0.4, 0.5) is 11.4 Å². The van der Waals surface area contributed by atoms with Crippen molar-refractivity contribution in [2.75, 3.05) is 18.8 Å². The fourth-order valence-electron chi connectivity index (χ4n) is 2.57. The van der Waals surface area contributed by atoms with Crippen LogP contribution in [-0.2, 0) is 6.54 Å². The highest BCUT2D eigenvalue weighted by Crippen LogP contribution is 2.23. The molecule has 1 aliphatic rings. The van der Waals surface area contributed by atoms with Gasteiger partial charge in [0.15, 0.2) is 0 Å². The molecule has 19 heavy (non-hydrogen) atoms. The van der Waals surface area contributed by atoms with Gasteiger partial charge in [-0.3, -0.25) is 15.0 Å². The summed E-state index contributed by atoms with van der Waals surface area (Å²) < 4.78 is 0. The van der Waals surface area contributed by atoms with Crippen LogP contribution in [0.3, 0.4) is 0 Å². The van der Waals surface area contributed by atoms with E-state index in [9.17, 15) is 10.1 Å². The molecule has 1 aliphatic heterocycles. The molecule has 1 aromatic carbocycles. The molecular weight excluding hydrogens is 242 g/mol. The van der Waals surface area contributed by atoms with Gasteiger partial charge in [-0.05, 0) is 37.6 Å². The Labute approximate surface area is 113 Å². The predicted molar refractivity (Wildman–Crippen MR) is 75.9 cm³/mol. The van der Waals surface area contributed by atoms with E-state index in [0.717, 1.165) is 25.2 Å². The summed E-state index contributed by atoms with van der Waals surface area (Å²) in [5.74, 6) is 0. The lowest BCUT2D eigenvalue weighted by Gasteiger charge is -2.24. The third kappa shape index (κ3) is 3.92. The molecule has 1 heterocycles. The summed E-state index contributed by atoms with van der Waals surface area (Å²) in [4.78, 5) is 12.9. The quantitative estimate of drug-likeness (QED) is 0.517. The fourth-order valence-corrected chi connectivity index (χ4v) is 2.57. The molecule has 104 valence electrons. The fraction of sp³-hybridized carbons (Fsp3) is 0.571. The Morgan fingerprint density at radius 3 is 2.42 bits per heavy atom. The van der Waals surface area contributed by atoms with Gasteiger partial charge in [-0.1, -0.05) is 25.3 Å². The average Bonchev–Trinajstić information content (AvgIpc) is 2.34. The van der Waals surface area contributed by atoms with Gasteiger partial charge >= 0.3 is 0 Å². The van der Waals surface area contributed by atoms with E-state index in [1.807, 2.05) is 6.07 Å². The van der Waals surface area contributed by atoms with Crippen molar-refractivity contribution in [3.8, 4) is 0 Å². The van der Waals surface area contributed by atoms with Crippen molar-refractivity contribution in [1.29, 1.82) is 0 Å². The van der Waals surface area contributed by atoms with E-state index in [-0.39, 0.29) is 11.4 Å². The monoisotopic (exact) mass is 263 g/mol. The van der Waals surface area contributed by atoms with E-state index in [1.54, 1.807) is 12.1 Å². The van der Waals surface area contributed by atoms with Crippen LogP contribution in [0, 0.1) is 10.1 Å². The van der Waals surface area contributed by atoms with Gasteiger partial charge in [-0.15, -0.1) is 0 Å². The summed E-state index contributed by atoms with van der Waals surface area (Å²) in [6, 6.07) is 5.13. The molecule has 2 N–H and O–H groups in total. The molecular formula is C14H21N3O2. The second-order valence-electron chi connectivity index (χ2n) is 5.19. The summed E-state index contributed by atoms with van der Waals surface area (Å²) in [5, 5.41) is 10.9. The number of rotatable bonds is 3. The summed E-state index contributed by atoms with van der Waals surface area (Å²) in [6.45, 7) is 2.94. The van der Waals surface area contributed by atoms with Crippen LogP contribution in [0.5, 0.6) is 0 Å². The first kappa shape index (κ1) is 13.8. The normalized spacial score (nSPS) is 17.7. The van der Waals surface area contributed by atoms with E-state index in [2.05, 4.69) is 4.90 Å². The number of nitro groups is 1. The van der Waals surface area contributed by atoms with E-state index >= 15 is 0 Å². The van der Waals surface area contributed by atoms with Crippen molar-refractivity contribution in [3.05, 3.63) is 33.9 Å². The van der Waals surface area contributed by atoms with Gasteiger partial charge in [0.2, 0.25) is 0 Å². The molecule has 5 nitrogen and oxygen atoms in total. The largest absolute Gasteiger partial charge is 0.393 e. The van der Waals surface area contributed by atoms with Crippen LogP contribution >= 0.6 is 0 Å². The van der Waals surface area contributed by atoms with Crippen molar-refractivity contribution in [3.63, 3.8) is 0 Å². The minimum absolute atomic E-state index is 0.0181. The van der Waals surface area contributed by atoms with E-state index in [4.69, 9.17) is 5.73 Å². The minimum atomic E-state index is -0.410. The number of benzene rings is 1. The van der Waals surface area contributed by atoms with Crippen molar-refractivity contribution >= 4 is 11.4 Å². The maximum absolute atomic E-state index is 10.9. The Morgan fingerprint density at radius 1 is 1.16 bits per heavy atom. The predicted octanol–water partition coefficient (Wildman–Crippen LogP) is 2.94. The number of nitrogens with two attached hydrogens (primary N) is 1. The first-order valence-electron chi connectivity index (χ1n) is 6.92. The van der Waals surface area contributed by atoms with Gasteiger partial charge in [0.25, 0.3) is 5.69 Å². The van der Waals surface area contributed by atoms with Crippen LogP contribution < -0.4 is 5.73 Å². The topological polar surface area (TPSA) is 72.4 Å². The minimum Gasteiger partial charge on any atom is -0.393 e. The number of nitro benzene ring substituents is 1. The van der Waals surface area contributed by atoms with E-state index in [0.29, 0.717) is 0 Å². The zero-order valence-electron chi connectivity index (χ0n) is 11.2. The maximum Gasteiger partial charge on any atom is 0.292 e. The second kappa shape index (κ2) is 6.52. The zero-order chi connectivity index (χ0) is 13.7. The Bertz CT molecular complexity index is 440. The lowest BCUT2D eigenvalue weighted by Crippen LogP contribution is -2.26. The van der Waals surface area contributed by atoms with Gasteiger partial charge in [-0.25, -0.2) is 0 Å². The summed E-state index contributed by atoms with van der Waals surface area (Å²) in [6.07, 6.45) is 6.35. The van der Waals surface area contributed by atoms with Crippen molar-refractivity contribution in [2.24, 2.45) is 0 Å². The van der Waals surface area contributed by atoms with Crippen LogP contribution in [0.25, 0.3) is 0 Å². The second-order valence-corrected chi connectivity index (χ2v) is 5.19. The standard InChI is InChI=1S/C14H21N3O2/c15-13-7-6-12(10-14(13)17(18)19)11-16-8-4-2-1-3-5-9-16/h6-7,10H,1-5,8-9,11,15H2. The van der Waals surface area contributed by atoms with Crippen molar-refractivity contribution in [2.45, 2.75) is 38.6 Å². The first-order valence-corrected chi connectivity index (χ1v) is 6.92. The number of hydrogen-bond donors (Lipinski definition) is 1. The van der Waals surface area contributed by atoms with Gasteiger partial charge in [-0.2, -0.15) is 0 Å². The Morgan fingerprint density at radius 2 is 1.79 bits per heavy atom. The van der Waals surface area contributed by atoms with Crippen molar-refractivity contribution in [1.82, 2.24) is 4.90 Å². The third-order valence-electron chi connectivity index (χ3n) is 3.65. The highest BCUT2D eigenvalue weighted by Gasteiger charge is 2.14. The molecule has 5 heteroatoms. The molecule has 1 saturated heterocycles. The highest BCUT2D eigenvalue weighted by molar-refractivity contribution is 5.59. The number of hydrogen-bond acceptors (Lipinski definition) is 4. The molecule has 0 radical (unpaired) electrons. The summed E-state index contributed by atoms with van der Waals surface area (Å²) >= 11 is 0. The molecule has 0 spiro atoms. The number of nitrogen functional groups attached to an aromatic ring is 1. The summed E-state index contributed by atoms with van der Waals surface area (Å²) in [7, 11) is 0. The van der Waals surface area contributed by atoms with E-state index in [1.165, 1.54) is 32.1 Å². The summed E-state index contributed by atoms with van der Waals surface area (Å²) in [5.41, 5.74) is 6.84. The number of nitrogens with zero attached hydrogens (tertiary/aromatic N) is 2. The lowest BCUT2D eigenvalue weighted by atomic mass is 10.1. The van der Waals surface area contributed by atoms with Crippen LogP contribution in [0.2, 0.25) is 0 Å². The van der Waals surface area contributed by atoms with Gasteiger partial charge < -0.3 is 5.73 Å². The van der Waals surface area contributed by atoms with Gasteiger partial charge in [0.05, 0.1) is 4.92 Å². The SMILES string of the molecule is Nc1ccc(CN2CCCCCCC2)cc1[N+](=O)[O-]. The number of likely N-dealkylation sites (tertiary alicyclic amines) is 1. The maximum atomic E-state index is 10.9. The van der Waals surface area contributed by atoms with Crippen LogP contribution in [0.1, 0.15) is 37.7 Å². The highest BCUT2D eigenvalue weighted by atomic mass is 16.6. The van der Waals surface area contributed by atoms with Crippen LogP contribution in [-0.4, -0.2) is 22.9 Å². The number of anilines is 1. The molecule has 0 unspecified atom stereocenters.